The van der Waals surface area contributed by atoms with Crippen LogP contribution in [-0.4, -0.2) is 19.0 Å². The molecule has 2 rings (SSSR count). The van der Waals surface area contributed by atoms with Crippen molar-refractivity contribution in [2.75, 3.05) is 13.2 Å². The highest BCUT2D eigenvalue weighted by Crippen LogP contribution is 2.45. The number of hydrogen-bond acceptors (Lipinski definition) is 4. The molecule has 0 N–H and O–H groups in total. The fourth-order valence-corrected chi connectivity index (χ4v) is 2.90. The lowest BCUT2D eigenvalue weighted by Crippen LogP contribution is -2.40. The van der Waals surface area contributed by atoms with Crippen LogP contribution >= 0.6 is 0 Å². The van der Waals surface area contributed by atoms with Gasteiger partial charge in [-0.05, 0) is 25.2 Å². The zero-order chi connectivity index (χ0) is 13.0. The standard InChI is InChI=1S/C14H16N2O2/c1-2-4-11-5-3-6-14(17-7-8-18-14)13(11)12(9-15)10-16/h2,11H,1,3-8H2. The Morgan fingerprint density at radius 3 is 2.61 bits per heavy atom. The van der Waals surface area contributed by atoms with Gasteiger partial charge in [-0.1, -0.05) is 6.08 Å². The van der Waals surface area contributed by atoms with Crippen molar-refractivity contribution in [1.29, 1.82) is 10.5 Å². The molecule has 2 aliphatic rings. The molecule has 94 valence electrons. The summed E-state index contributed by atoms with van der Waals surface area (Å²) in [4.78, 5) is 0. The van der Waals surface area contributed by atoms with Crippen molar-refractivity contribution in [3.05, 3.63) is 23.8 Å². The van der Waals surface area contributed by atoms with Crippen LogP contribution in [0.3, 0.4) is 0 Å². The Bertz CT molecular complexity index is 431. The highest BCUT2D eigenvalue weighted by molar-refractivity contribution is 5.45. The van der Waals surface area contributed by atoms with E-state index in [0.717, 1.165) is 31.3 Å². The van der Waals surface area contributed by atoms with Gasteiger partial charge < -0.3 is 9.47 Å². The molecule has 0 aromatic heterocycles. The van der Waals surface area contributed by atoms with E-state index < -0.39 is 5.79 Å². The Hall–Kier alpha value is -1.62. The van der Waals surface area contributed by atoms with Crippen molar-refractivity contribution < 1.29 is 9.47 Å². The number of nitrogens with zero attached hydrogens (tertiary/aromatic N) is 2. The lowest BCUT2D eigenvalue weighted by Gasteiger charge is -2.39. The Labute approximate surface area is 107 Å². The molecule has 1 saturated heterocycles. The highest BCUT2D eigenvalue weighted by Gasteiger charge is 2.47. The Morgan fingerprint density at radius 1 is 1.39 bits per heavy atom. The molecule has 1 aliphatic carbocycles. The molecule has 0 amide bonds. The van der Waals surface area contributed by atoms with E-state index >= 15 is 0 Å². The minimum atomic E-state index is -0.827. The summed E-state index contributed by atoms with van der Waals surface area (Å²) < 4.78 is 11.5. The van der Waals surface area contributed by atoms with Crippen molar-refractivity contribution in [2.45, 2.75) is 31.5 Å². The van der Waals surface area contributed by atoms with E-state index in [1.807, 2.05) is 18.2 Å². The smallest absolute Gasteiger partial charge is 0.193 e. The average molecular weight is 244 g/mol. The largest absolute Gasteiger partial charge is 0.344 e. The van der Waals surface area contributed by atoms with E-state index in [-0.39, 0.29) is 11.5 Å². The van der Waals surface area contributed by atoms with Gasteiger partial charge >= 0.3 is 0 Å². The number of allylic oxidation sites excluding steroid dienone is 2. The molecule has 18 heavy (non-hydrogen) atoms. The van der Waals surface area contributed by atoms with Gasteiger partial charge in [-0.2, -0.15) is 10.5 Å². The fraction of sp³-hybridized carbons (Fsp3) is 0.571. The zero-order valence-corrected chi connectivity index (χ0v) is 10.3. The summed E-state index contributed by atoms with van der Waals surface area (Å²) in [6.45, 7) is 4.79. The Morgan fingerprint density at radius 2 is 2.06 bits per heavy atom. The molecule has 0 bridgehead atoms. The summed E-state index contributed by atoms with van der Waals surface area (Å²) in [5.74, 6) is -0.698. The van der Waals surface area contributed by atoms with Gasteiger partial charge in [0.05, 0.1) is 13.2 Å². The van der Waals surface area contributed by atoms with Crippen LogP contribution in [0.1, 0.15) is 25.7 Å². The third-order valence-electron chi connectivity index (χ3n) is 3.57. The first-order valence-corrected chi connectivity index (χ1v) is 6.21. The lowest BCUT2D eigenvalue weighted by molar-refractivity contribution is -0.146. The molecule has 1 aliphatic heterocycles. The molecular weight excluding hydrogens is 228 g/mol. The molecule has 0 radical (unpaired) electrons. The Kier molecular flexibility index (Phi) is 3.81. The van der Waals surface area contributed by atoms with Crippen LogP contribution in [0.2, 0.25) is 0 Å². The first-order valence-electron chi connectivity index (χ1n) is 6.21. The molecule has 1 atom stereocenters. The molecule has 4 heteroatoms. The monoisotopic (exact) mass is 244 g/mol. The molecule has 1 spiro atoms. The van der Waals surface area contributed by atoms with Crippen LogP contribution < -0.4 is 0 Å². The number of hydrogen-bond donors (Lipinski definition) is 0. The molecule has 0 aromatic carbocycles. The van der Waals surface area contributed by atoms with Gasteiger partial charge in [0.15, 0.2) is 5.79 Å². The van der Waals surface area contributed by atoms with Gasteiger partial charge in [-0.3, -0.25) is 0 Å². The predicted molar refractivity (Wildman–Crippen MR) is 65.0 cm³/mol. The van der Waals surface area contributed by atoms with Crippen LogP contribution in [0.4, 0.5) is 0 Å². The fourth-order valence-electron chi connectivity index (χ4n) is 2.90. The maximum absolute atomic E-state index is 9.14. The number of rotatable bonds is 2. The first-order chi connectivity index (χ1) is 8.77. The summed E-state index contributed by atoms with van der Waals surface area (Å²) in [6, 6.07) is 3.97. The number of ether oxygens (including phenoxy) is 2. The molecule has 4 nitrogen and oxygen atoms in total. The molecule has 1 saturated carbocycles. The van der Waals surface area contributed by atoms with E-state index in [2.05, 4.69) is 6.58 Å². The maximum Gasteiger partial charge on any atom is 0.193 e. The van der Waals surface area contributed by atoms with Crippen LogP contribution in [0.5, 0.6) is 0 Å². The quantitative estimate of drug-likeness (QED) is 0.552. The van der Waals surface area contributed by atoms with E-state index in [1.54, 1.807) is 0 Å². The van der Waals surface area contributed by atoms with E-state index in [1.165, 1.54) is 0 Å². The normalized spacial score (nSPS) is 25.4. The van der Waals surface area contributed by atoms with Gasteiger partial charge in [0.1, 0.15) is 17.7 Å². The van der Waals surface area contributed by atoms with Crippen molar-refractivity contribution in [1.82, 2.24) is 0 Å². The first kappa shape index (κ1) is 12.8. The van der Waals surface area contributed by atoms with E-state index in [4.69, 9.17) is 20.0 Å². The van der Waals surface area contributed by atoms with Crippen LogP contribution in [0.15, 0.2) is 23.8 Å². The van der Waals surface area contributed by atoms with E-state index in [9.17, 15) is 0 Å². The van der Waals surface area contributed by atoms with E-state index in [0.29, 0.717) is 13.2 Å². The van der Waals surface area contributed by atoms with Gasteiger partial charge in [-0.15, -0.1) is 6.58 Å². The third kappa shape index (κ3) is 2.06. The average Bonchev–Trinajstić information content (AvgIpc) is 2.83. The Balaban J connectivity index is 2.47. The van der Waals surface area contributed by atoms with Crippen LogP contribution in [0, 0.1) is 28.6 Å². The van der Waals surface area contributed by atoms with Gasteiger partial charge in [0.25, 0.3) is 0 Å². The van der Waals surface area contributed by atoms with Crippen LogP contribution in [-0.2, 0) is 9.47 Å². The second-order valence-electron chi connectivity index (χ2n) is 4.58. The van der Waals surface area contributed by atoms with Crippen molar-refractivity contribution in [2.24, 2.45) is 5.92 Å². The van der Waals surface area contributed by atoms with Gasteiger partial charge in [0.2, 0.25) is 0 Å². The molecule has 1 heterocycles. The van der Waals surface area contributed by atoms with Gasteiger partial charge in [0, 0.05) is 12.0 Å². The minimum absolute atomic E-state index is 0.128. The summed E-state index contributed by atoms with van der Waals surface area (Å²) in [5.41, 5.74) is 0.875. The zero-order valence-electron chi connectivity index (χ0n) is 10.3. The lowest BCUT2D eigenvalue weighted by atomic mass is 9.76. The SMILES string of the molecule is C=CCC1CCCC2(OCCO2)C1=C(C#N)C#N. The van der Waals surface area contributed by atoms with Crippen LogP contribution in [0.25, 0.3) is 0 Å². The maximum atomic E-state index is 9.14. The topological polar surface area (TPSA) is 66.0 Å². The summed E-state index contributed by atoms with van der Waals surface area (Å²) in [5, 5.41) is 18.3. The van der Waals surface area contributed by atoms with Crippen molar-refractivity contribution in [3.63, 3.8) is 0 Å². The summed E-state index contributed by atoms with van der Waals surface area (Å²) in [7, 11) is 0. The number of nitriles is 2. The highest BCUT2D eigenvalue weighted by atomic mass is 16.7. The summed E-state index contributed by atoms with van der Waals surface area (Å²) in [6.07, 6.45) is 5.22. The van der Waals surface area contributed by atoms with Gasteiger partial charge in [-0.25, -0.2) is 0 Å². The molecule has 2 fully saturated rings. The second kappa shape index (κ2) is 5.35. The van der Waals surface area contributed by atoms with Crippen molar-refractivity contribution in [3.8, 4) is 12.1 Å². The van der Waals surface area contributed by atoms with Crippen molar-refractivity contribution >= 4 is 0 Å². The summed E-state index contributed by atoms with van der Waals surface area (Å²) >= 11 is 0. The molecule has 1 unspecified atom stereocenters. The molecule has 0 aromatic rings. The molecular formula is C14H16N2O2. The third-order valence-corrected chi connectivity index (χ3v) is 3.57. The predicted octanol–water partition coefficient (Wildman–Crippen LogP) is 2.45. The second-order valence-corrected chi connectivity index (χ2v) is 4.58. The minimum Gasteiger partial charge on any atom is -0.344 e.